The van der Waals surface area contributed by atoms with Gasteiger partial charge in [0.1, 0.15) is 17.7 Å². The van der Waals surface area contributed by atoms with Crippen molar-refractivity contribution >= 4 is 18.8 Å². The number of carbonyl (C=O) groups is 2. The predicted octanol–water partition coefficient (Wildman–Crippen LogP) is 1.17. The Balaban J connectivity index is 2.79. The van der Waals surface area contributed by atoms with Crippen molar-refractivity contribution in [2.75, 3.05) is 13.7 Å². The molecule has 0 aromatic carbocycles. The molecule has 1 rings (SSSR count). The first-order valence-corrected chi connectivity index (χ1v) is 5.97. The molecule has 0 N–H and O–H groups in total. The lowest BCUT2D eigenvalue weighted by atomic mass is 10.2. The summed E-state index contributed by atoms with van der Waals surface area (Å²) in [6.07, 6.45) is -0.641. The van der Waals surface area contributed by atoms with Crippen molar-refractivity contribution in [3.63, 3.8) is 0 Å². The number of likely N-dealkylation sites (tertiary alicyclic amines) is 1. The van der Waals surface area contributed by atoms with E-state index in [4.69, 9.17) is 9.57 Å². The Bertz CT molecular complexity index is 364. The van der Waals surface area contributed by atoms with E-state index in [9.17, 15) is 9.59 Å². The standard InChI is InChI=1S/C12H20N2O5/c1-12(2,3)18-11(16)14-7-8(19-13-4)6-9(14)10(15)17-5/h8-9H,4,6-7H2,1-3,5H3/t8-,9+/m1/s1. The second kappa shape index (κ2) is 5.90. The maximum Gasteiger partial charge on any atom is 0.411 e. The number of hydrogen-bond acceptors (Lipinski definition) is 6. The maximum atomic E-state index is 12.0. The third-order valence-corrected chi connectivity index (χ3v) is 2.59. The summed E-state index contributed by atoms with van der Waals surface area (Å²) in [6, 6.07) is -0.716. The second-order valence-corrected chi connectivity index (χ2v) is 5.26. The largest absolute Gasteiger partial charge is 0.467 e. The highest BCUT2D eigenvalue weighted by Gasteiger charge is 2.43. The highest BCUT2D eigenvalue weighted by Crippen LogP contribution is 2.24. The molecule has 7 nitrogen and oxygen atoms in total. The molecule has 0 unspecified atom stereocenters. The minimum absolute atomic E-state index is 0.216. The van der Waals surface area contributed by atoms with Gasteiger partial charge in [-0.05, 0) is 20.8 Å². The van der Waals surface area contributed by atoms with Gasteiger partial charge in [-0.15, -0.1) is 5.16 Å². The van der Waals surface area contributed by atoms with Crippen molar-refractivity contribution in [1.82, 2.24) is 4.90 Å². The van der Waals surface area contributed by atoms with E-state index in [0.29, 0.717) is 6.42 Å². The predicted molar refractivity (Wildman–Crippen MR) is 67.8 cm³/mol. The Morgan fingerprint density at radius 1 is 1.37 bits per heavy atom. The molecule has 0 aliphatic carbocycles. The Morgan fingerprint density at radius 3 is 2.47 bits per heavy atom. The zero-order valence-corrected chi connectivity index (χ0v) is 11.7. The number of ether oxygens (including phenoxy) is 2. The van der Waals surface area contributed by atoms with Crippen LogP contribution >= 0.6 is 0 Å². The van der Waals surface area contributed by atoms with Crippen LogP contribution in [0.5, 0.6) is 0 Å². The summed E-state index contributed by atoms with van der Waals surface area (Å²) >= 11 is 0. The fraction of sp³-hybridized carbons (Fsp3) is 0.750. The number of nitrogens with zero attached hydrogens (tertiary/aromatic N) is 2. The van der Waals surface area contributed by atoms with Crippen LogP contribution in [0, 0.1) is 0 Å². The summed E-state index contributed by atoms with van der Waals surface area (Å²) in [4.78, 5) is 30.0. The lowest BCUT2D eigenvalue weighted by Gasteiger charge is -2.27. The zero-order valence-electron chi connectivity index (χ0n) is 11.7. The summed E-state index contributed by atoms with van der Waals surface area (Å²) in [6.45, 7) is 8.71. The Labute approximate surface area is 112 Å². The fourth-order valence-electron chi connectivity index (χ4n) is 1.86. The normalized spacial score (nSPS) is 22.8. The van der Waals surface area contributed by atoms with Gasteiger partial charge in [-0.2, -0.15) is 0 Å². The van der Waals surface area contributed by atoms with Crippen molar-refractivity contribution in [3.05, 3.63) is 0 Å². The third-order valence-electron chi connectivity index (χ3n) is 2.59. The number of carbonyl (C=O) groups excluding carboxylic acids is 2. The lowest BCUT2D eigenvalue weighted by molar-refractivity contribution is -0.145. The van der Waals surface area contributed by atoms with E-state index < -0.39 is 23.7 Å². The van der Waals surface area contributed by atoms with Crippen molar-refractivity contribution in [2.24, 2.45) is 5.16 Å². The van der Waals surface area contributed by atoms with Gasteiger partial charge in [-0.1, -0.05) is 0 Å². The molecule has 7 heteroatoms. The van der Waals surface area contributed by atoms with Gasteiger partial charge < -0.3 is 14.3 Å². The van der Waals surface area contributed by atoms with Crippen molar-refractivity contribution < 1.29 is 23.9 Å². The average molecular weight is 272 g/mol. The van der Waals surface area contributed by atoms with E-state index in [2.05, 4.69) is 16.6 Å². The van der Waals surface area contributed by atoms with E-state index in [0.717, 1.165) is 0 Å². The van der Waals surface area contributed by atoms with Crippen LogP contribution in [-0.2, 0) is 19.1 Å². The molecular weight excluding hydrogens is 252 g/mol. The number of esters is 1. The van der Waals surface area contributed by atoms with Crippen LogP contribution in [0.1, 0.15) is 27.2 Å². The first kappa shape index (κ1) is 15.3. The maximum absolute atomic E-state index is 12.0. The molecule has 0 saturated carbocycles. The summed E-state index contributed by atoms with van der Waals surface area (Å²) in [7, 11) is 1.27. The topological polar surface area (TPSA) is 77.4 Å². The molecule has 0 aromatic heterocycles. The SMILES string of the molecule is C=NO[C@@H]1C[C@@H](C(=O)OC)N(C(=O)OC(C)(C)C)C1. The minimum atomic E-state index is -0.716. The Morgan fingerprint density at radius 2 is 2.00 bits per heavy atom. The molecule has 108 valence electrons. The molecule has 0 aromatic rings. The number of methoxy groups -OCH3 is 1. The highest BCUT2D eigenvalue weighted by atomic mass is 16.6. The second-order valence-electron chi connectivity index (χ2n) is 5.26. The Hall–Kier alpha value is -1.79. The van der Waals surface area contributed by atoms with Crippen LogP contribution in [0.25, 0.3) is 0 Å². The zero-order chi connectivity index (χ0) is 14.6. The average Bonchev–Trinajstić information content (AvgIpc) is 2.70. The van der Waals surface area contributed by atoms with Gasteiger partial charge in [0.05, 0.1) is 13.7 Å². The first-order valence-electron chi connectivity index (χ1n) is 5.97. The van der Waals surface area contributed by atoms with Gasteiger partial charge in [0.2, 0.25) is 0 Å². The summed E-state index contributed by atoms with van der Waals surface area (Å²) in [5.74, 6) is -0.499. The summed E-state index contributed by atoms with van der Waals surface area (Å²) in [5, 5.41) is 3.32. The van der Waals surface area contributed by atoms with Gasteiger partial charge >= 0.3 is 12.1 Å². The molecule has 0 spiro atoms. The van der Waals surface area contributed by atoms with Crippen LogP contribution in [0.2, 0.25) is 0 Å². The number of amides is 1. The minimum Gasteiger partial charge on any atom is -0.467 e. The van der Waals surface area contributed by atoms with Crippen LogP contribution in [-0.4, -0.2) is 55.1 Å². The molecule has 1 saturated heterocycles. The van der Waals surface area contributed by atoms with Gasteiger partial charge in [0.25, 0.3) is 0 Å². The monoisotopic (exact) mass is 272 g/mol. The molecule has 1 amide bonds. The quantitative estimate of drug-likeness (QED) is 0.438. The van der Waals surface area contributed by atoms with Crippen molar-refractivity contribution in [1.29, 1.82) is 0 Å². The van der Waals surface area contributed by atoms with Crippen molar-refractivity contribution in [2.45, 2.75) is 44.9 Å². The fourth-order valence-corrected chi connectivity index (χ4v) is 1.86. The number of oxime groups is 1. The molecule has 19 heavy (non-hydrogen) atoms. The number of rotatable bonds is 3. The van der Waals surface area contributed by atoms with Crippen molar-refractivity contribution in [3.8, 4) is 0 Å². The van der Waals surface area contributed by atoms with Gasteiger partial charge in [-0.25, -0.2) is 9.59 Å². The molecule has 0 radical (unpaired) electrons. The Kier molecular flexibility index (Phi) is 4.74. The molecular formula is C12H20N2O5. The molecule has 1 heterocycles. The van der Waals surface area contributed by atoms with E-state index in [1.54, 1.807) is 20.8 Å². The molecule has 1 fully saturated rings. The van der Waals surface area contributed by atoms with Gasteiger partial charge in [0, 0.05) is 13.1 Å². The van der Waals surface area contributed by atoms with Crippen LogP contribution < -0.4 is 0 Å². The highest BCUT2D eigenvalue weighted by molar-refractivity contribution is 5.82. The molecule has 1 aliphatic heterocycles. The van der Waals surface area contributed by atoms with Crippen LogP contribution in [0.15, 0.2) is 5.16 Å². The molecule has 0 bridgehead atoms. The summed E-state index contributed by atoms with van der Waals surface area (Å²) < 4.78 is 9.93. The van der Waals surface area contributed by atoms with Crippen LogP contribution in [0.4, 0.5) is 4.79 Å². The van der Waals surface area contributed by atoms with E-state index in [-0.39, 0.29) is 12.6 Å². The summed E-state index contributed by atoms with van der Waals surface area (Å²) in [5.41, 5.74) is -0.632. The first-order chi connectivity index (χ1) is 8.78. The van der Waals surface area contributed by atoms with E-state index >= 15 is 0 Å². The molecule has 1 aliphatic rings. The van der Waals surface area contributed by atoms with Gasteiger partial charge in [0.15, 0.2) is 0 Å². The number of hydrogen-bond donors (Lipinski definition) is 0. The smallest absolute Gasteiger partial charge is 0.411 e. The van der Waals surface area contributed by atoms with E-state index in [1.165, 1.54) is 12.0 Å². The van der Waals surface area contributed by atoms with Crippen LogP contribution in [0.3, 0.4) is 0 Å². The lowest BCUT2D eigenvalue weighted by Crippen LogP contribution is -2.44. The van der Waals surface area contributed by atoms with Gasteiger partial charge in [-0.3, -0.25) is 4.90 Å². The third kappa shape index (κ3) is 4.11. The molecule has 2 atom stereocenters. The van der Waals surface area contributed by atoms with E-state index in [1.807, 2.05) is 0 Å².